The third-order valence-electron chi connectivity index (χ3n) is 1.34. The van der Waals surface area contributed by atoms with Crippen molar-refractivity contribution in [2.24, 2.45) is 0 Å². The third kappa shape index (κ3) is 7.67. The molecule has 0 heterocycles. The van der Waals surface area contributed by atoms with Gasteiger partial charge in [0.05, 0.1) is 18.3 Å². The molecule has 0 rings (SSSR count). The molecule has 0 aliphatic rings. The number of hydrogen-bond acceptors (Lipinski definition) is 4. The van der Waals surface area contributed by atoms with Crippen molar-refractivity contribution < 1.29 is 45.2 Å². The zero-order valence-electron chi connectivity index (χ0n) is 10.9. The molecule has 0 saturated heterocycles. The van der Waals surface area contributed by atoms with Gasteiger partial charge in [0.25, 0.3) is 0 Å². The largest absolute Gasteiger partial charge is 0.344 e. The minimum atomic E-state index is -1.57. The summed E-state index contributed by atoms with van der Waals surface area (Å²) in [6.07, 6.45) is 0.126. The van der Waals surface area contributed by atoms with E-state index in [-0.39, 0.29) is 44.5 Å². The predicted octanol–water partition coefficient (Wildman–Crippen LogP) is 2.11. The molecule has 5 heteroatoms. The topological polar surface area (TPSA) is 44.8 Å². The Kier molecular flexibility index (Phi) is 10.00. The normalized spacial score (nSPS) is 12.1. The van der Waals surface area contributed by atoms with Crippen molar-refractivity contribution >= 4 is 6.29 Å². The SMILES string of the molecule is CC(C)OC(C=O)(OC(C)C)OC(C)C.[Zr]. The molecule has 0 aromatic heterocycles. The van der Waals surface area contributed by atoms with Gasteiger partial charge in [0.1, 0.15) is 0 Å². The maximum atomic E-state index is 11.1. The van der Waals surface area contributed by atoms with E-state index in [2.05, 4.69) is 0 Å². The van der Waals surface area contributed by atoms with Crippen LogP contribution >= 0.6 is 0 Å². The summed E-state index contributed by atoms with van der Waals surface area (Å²) in [5.74, 6) is -1.57. The summed E-state index contributed by atoms with van der Waals surface area (Å²) in [5.41, 5.74) is 0. The Labute approximate surface area is 117 Å². The molecule has 0 amide bonds. The number of carbonyl (C=O) groups is 1. The quantitative estimate of drug-likeness (QED) is 0.534. The van der Waals surface area contributed by atoms with Crippen molar-refractivity contribution in [3.05, 3.63) is 0 Å². The molecule has 0 aliphatic heterocycles. The van der Waals surface area contributed by atoms with Crippen LogP contribution in [0.1, 0.15) is 41.5 Å². The van der Waals surface area contributed by atoms with Gasteiger partial charge in [-0.25, -0.2) is 0 Å². The van der Waals surface area contributed by atoms with Crippen LogP contribution < -0.4 is 0 Å². The average molecular weight is 310 g/mol. The number of carbonyl (C=O) groups excluding carboxylic acids is 1. The Hall–Kier alpha value is 0.433. The van der Waals surface area contributed by atoms with Gasteiger partial charge in [-0.3, -0.25) is 4.79 Å². The molecular weight excluding hydrogens is 287 g/mol. The van der Waals surface area contributed by atoms with Crippen LogP contribution in [0.5, 0.6) is 0 Å². The van der Waals surface area contributed by atoms with Gasteiger partial charge in [0.2, 0.25) is 6.29 Å². The number of ether oxygens (including phenoxy) is 3. The molecule has 0 aliphatic carbocycles. The molecule has 16 heavy (non-hydrogen) atoms. The molecule has 0 aromatic carbocycles. The molecule has 0 unspecified atom stereocenters. The first-order chi connectivity index (χ1) is 6.81. The number of aldehydes is 1. The second-order valence-corrected chi connectivity index (χ2v) is 4.22. The van der Waals surface area contributed by atoms with Crippen molar-refractivity contribution in [1.29, 1.82) is 0 Å². The van der Waals surface area contributed by atoms with E-state index in [1.165, 1.54) is 0 Å². The van der Waals surface area contributed by atoms with Crippen LogP contribution in [0.25, 0.3) is 0 Å². The van der Waals surface area contributed by atoms with E-state index < -0.39 is 5.97 Å². The minimum absolute atomic E-state index is 0. The Morgan fingerprint density at radius 1 is 0.812 bits per heavy atom. The standard InChI is InChI=1S/C11H22O4.Zr/c1-8(2)13-11(7-12,14-9(3)4)15-10(5)6;/h7-10H,1-6H3;. The average Bonchev–Trinajstić information content (AvgIpc) is 1.99. The van der Waals surface area contributed by atoms with Crippen molar-refractivity contribution in [2.45, 2.75) is 65.8 Å². The van der Waals surface area contributed by atoms with Crippen molar-refractivity contribution in [2.75, 3.05) is 0 Å². The van der Waals surface area contributed by atoms with Gasteiger partial charge in [-0.2, -0.15) is 0 Å². The van der Waals surface area contributed by atoms with E-state index in [0.717, 1.165) is 0 Å². The molecule has 0 fully saturated rings. The summed E-state index contributed by atoms with van der Waals surface area (Å²) in [6, 6.07) is 0. The fraction of sp³-hybridized carbons (Fsp3) is 0.909. The van der Waals surface area contributed by atoms with Crippen LogP contribution in [0, 0.1) is 0 Å². The van der Waals surface area contributed by atoms with Crippen LogP contribution in [0.2, 0.25) is 0 Å². The molecular formula is C11H22O4Zr. The van der Waals surface area contributed by atoms with Crippen molar-refractivity contribution in [3.8, 4) is 0 Å². The first kappa shape index (κ1) is 18.8. The van der Waals surface area contributed by atoms with E-state index in [1.54, 1.807) is 0 Å². The van der Waals surface area contributed by atoms with Crippen LogP contribution in [0.4, 0.5) is 0 Å². The van der Waals surface area contributed by atoms with Gasteiger partial charge in [0, 0.05) is 26.2 Å². The zero-order chi connectivity index (χ0) is 12.1. The van der Waals surface area contributed by atoms with Gasteiger partial charge in [-0.1, -0.05) is 0 Å². The molecule has 4 nitrogen and oxygen atoms in total. The summed E-state index contributed by atoms with van der Waals surface area (Å²) in [5, 5.41) is 0. The summed E-state index contributed by atoms with van der Waals surface area (Å²) in [7, 11) is 0. The second kappa shape index (κ2) is 8.51. The van der Waals surface area contributed by atoms with Gasteiger partial charge >= 0.3 is 5.97 Å². The Bertz CT molecular complexity index is 166. The van der Waals surface area contributed by atoms with Crippen LogP contribution in [-0.4, -0.2) is 30.6 Å². The summed E-state index contributed by atoms with van der Waals surface area (Å²) >= 11 is 0. The van der Waals surface area contributed by atoms with E-state index in [0.29, 0.717) is 6.29 Å². The van der Waals surface area contributed by atoms with Crippen LogP contribution in [0.3, 0.4) is 0 Å². The van der Waals surface area contributed by atoms with Crippen LogP contribution in [-0.2, 0) is 45.2 Å². The zero-order valence-corrected chi connectivity index (χ0v) is 13.4. The Balaban J connectivity index is 0. The Morgan fingerprint density at radius 3 is 1.19 bits per heavy atom. The molecule has 0 spiro atoms. The summed E-state index contributed by atoms with van der Waals surface area (Å²) < 4.78 is 16.2. The number of rotatable bonds is 7. The van der Waals surface area contributed by atoms with Gasteiger partial charge in [-0.05, 0) is 41.5 Å². The first-order valence-corrected chi connectivity index (χ1v) is 5.31. The first-order valence-electron chi connectivity index (χ1n) is 5.31. The maximum absolute atomic E-state index is 11.1. The minimum Gasteiger partial charge on any atom is -0.319 e. The van der Waals surface area contributed by atoms with E-state index in [4.69, 9.17) is 14.2 Å². The summed E-state index contributed by atoms with van der Waals surface area (Å²) in [4.78, 5) is 11.1. The van der Waals surface area contributed by atoms with Gasteiger partial charge in [0.15, 0.2) is 0 Å². The van der Waals surface area contributed by atoms with E-state index >= 15 is 0 Å². The molecule has 0 radical (unpaired) electrons. The predicted molar refractivity (Wildman–Crippen MR) is 57.5 cm³/mol. The Morgan fingerprint density at radius 2 is 1.06 bits per heavy atom. The monoisotopic (exact) mass is 308 g/mol. The van der Waals surface area contributed by atoms with Gasteiger partial charge in [-0.15, -0.1) is 0 Å². The molecule has 94 valence electrons. The van der Waals surface area contributed by atoms with Gasteiger partial charge < -0.3 is 14.2 Å². The molecule has 0 atom stereocenters. The van der Waals surface area contributed by atoms with E-state index in [9.17, 15) is 4.79 Å². The van der Waals surface area contributed by atoms with Crippen molar-refractivity contribution in [3.63, 3.8) is 0 Å². The van der Waals surface area contributed by atoms with E-state index in [1.807, 2.05) is 41.5 Å². The van der Waals surface area contributed by atoms with Crippen molar-refractivity contribution in [1.82, 2.24) is 0 Å². The molecule has 0 bridgehead atoms. The maximum Gasteiger partial charge on any atom is 0.344 e. The summed E-state index contributed by atoms with van der Waals surface area (Å²) in [6.45, 7) is 11.0. The molecule has 0 N–H and O–H groups in total. The third-order valence-corrected chi connectivity index (χ3v) is 1.34. The molecule has 0 aromatic rings. The molecule has 0 saturated carbocycles. The smallest absolute Gasteiger partial charge is 0.319 e. The fourth-order valence-electron chi connectivity index (χ4n) is 1.15. The fourth-order valence-corrected chi connectivity index (χ4v) is 1.15. The number of hydrogen-bond donors (Lipinski definition) is 0. The van der Waals surface area contributed by atoms with Crippen LogP contribution in [0.15, 0.2) is 0 Å². The second-order valence-electron chi connectivity index (χ2n) is 4.22.